The lowest BCUT2D eigenvalue weighted by atomic mass is 10.1. The zero-order valence-corrected chi connectivity index (χ0v) is 8.99. The molecule has 0 amide bonds. The first-order chi connectivity index (χ1) is 6.06. The number of benzene rings is 1. The van der Waals surface area contributed by atoms with Gasteiger partial charge in [-0.2, -0.15) is 0 Å². The van der Waals surface area contributed by atoms with Crippen molar-refractivity contribution in [3.63, 3.8) is 0 Å². The van der Waals surface area contributed by atoms with E-state index < -0.39 is 0 Å². The number of nitrogens with two attached hydrogens (primary N) is 1. The van der Waals surface area contributed by atoms with Crippen molar-refractivity contribution >= 4 is 23.2 Å². The van der Waals surface area contributed by atoms with Crippen LogP contribution in [0.1, 0.15) is 18.5 Å². The number of halogens is 2. The summed E-state index contributed by atoms with van der Waals surface area (Å²) >= 11 is 11.9. The lowest BCUT2D eigenvalue weighted by Gasteiger charge is -2.11. The predicted molar refractivity (Wildman–Crippen MR) is 55.6 cm³/mol. The Bertz CT molecular complexity index is 313. The summed E-state index contributed by atoms with van der Waals surface area (Å²) in [7, 11) is 1.54. The summed E-state index contributed by atoms with van der Waals surface area (Å²) in [6, 6.07) is 3.27. The molecular formula is C9H11Cl2NO. The van der Waals surface area contributed by atoms with Gasteiger partial charge in [0.25, 0.3) is 0 Å². The van der Waals surface area contributed by atoms with Crippen LogP contribution in [0.15, 0.2) is 12.1 Å². The molecule has 0 saturated heterocycles. The van der Waals surface area contributed by atoms with Crippen LogP contribution in [0.4, 0.5) is 0 Å². The maximum Gasteiger partial charge on any atom is 0.138 e. The standard InChI is InChI=1S/C9H11Cl2NO/c1-5(12)6-3-8(11)9(13-2)4-7(6)10/h3-5H,12H2,1-2H3/t5-/m1/s1. The second-order valence-electron chi connectivity index (χ2n) is 2.80. The van der Waals surface area contributed by atoms with Gasteiger partial charge in [-0.15, -0.1) is 0 Å². The lowest BCUT2D eigenvalue weighted by Crippen LogP contribution is -2.05. The Morgan fingerprint density at radius 1 is 1.31 bits per heavy atom. The topological polar surface area (TPSA) is 35.2 Å². The van der Waals surface area contributed by atoms with E-state index in [1.807, 2.05) is 6.92 Å². The van der Waals surface area contributed by atoms with E-state index in [0.717, 1.165) is 5.56 Å². The summed E-state index contributed by atoms with van der Waals surface area (Å²) in [6.07, 6.45) is 0. The number of rotatable bonds is 2. The molecule has 0 bridgehead atoms. The van der Waals surface area contributed by atoms with Crippen LogP contribution < -0.4 is 10.5 Å². The van der Waals surface area contributed by atoms with Crippen molar-refractivity contribution < 1.29 is 4.74 Å². The Morgan fingerprint density at radius 2 is 1.92 bits per heavy atom. The second kappa shape index (κ2) is 4.18. The van der Waals surface area contributed by atoms with Gasteiger partial charge in [0.05, 0.1) is 12.1 Å². The highest BCUT2D eigenvalue weighted by molar-refractivity contribution is 6.34. The van der Waals surface area contributed by atoms with Crippen molar-refractivity contribution in [1.29, 1.82) is 0 Å². The van der Waals surface area contributed by atoms with Crippen molar-refractivity contribution in [2.45, 2.75) is 13.0 Å². The fourth-order valence-electron chi connectivity index (χ4n) is 1.05. The smallest absolute Gasteiger partial charge is 0.138 e. The molecule has 1 atom stereocenters. The van der Waals surface area contributed by atoms with Crippen LogP contribution in [0.3, 0.4) is 0 Å². The van der Waals surface area contributed by atoms with Gasteiger partial charge >= 0.3 is 0 Å². The Kier molecular flexibility index (Phi) is 3.42. The minimum absolute atomic E-state index is 0.129. The maximum absolute atomic E-state index is 5.96. The first-order valence-corrected chi connectivity index (χ1v) is 4.60. The van der Waals surface area contributed by atoms with Gasteiger partial charge in [0.15, 0.2) is 0 Å². The van der Waals surface area contributed by atoms with Crippen molar-refractivity contribution in [3.05, 3.63) is 27.7 Å². The van der Waals surface area contributed by atoms with E-state index in [1.165, 1.54) is 0 Å². The van der Waals surface area contributed by atoms with Gasteiger partial charge in [-0.05, 0) is 18.6 Å². The number of ether oxygens (including phenoxy) is 1. The highest BCUT2D eigenvalue weighted by Gasteiger charge is 2.10. The minimum Gasteiger partial charge on any atom is -0.495 e. The molecule has 0 saturated carbocycles. The fourth-order valence-corrected chi connectivity index (χ4v) is 1.62. The van der Waals surface area contributed by atoms with Gasteiger partial charge < -0.3 is 10.5 Å². The Labute approximate surface area is 87.6 Å². The highest BCUT2D eigenvalue weighted by atomic mass is 35.5. The van der Waals surface area contributed by atoms with Crippen molar-refractivity contribution in [2.24, 2.45) is 5.73 Å². The third-order valence-corrected chi connectivity index (χ3v) is 2.38. The summed E-state index contributed by atoms with van der Waals surface area (Å²) in [5, 5.41) is 1.11. The summed E-state index contributed by atoms with van der Waals surface area (Å²) < 4.78 is 5.00. The van der Waals surface area contributed by atoms with Crippen molar-refractivity contribution in [1.82, 2.24) is 0 Å². The molecular weight excluding hydrogens is 209 g/mol. The van der Waals surface area contributed by atoms with Crippen LogP contribution in [0.5, 0.6) is 5.75 Å². The zero-order chi connectivity index (χ0) is 10.0. The van der Waals surface area contributed by atoms with Crippen LogP contribution in [0, 0.1) is 0 Å². The zero-order valence-electron chi connectivity index (χ0n) is 7.47. The molecule has 0 aliphatic carbocycles. The average molecular weight is 220 g/mol. The van der Waals surface area contributed by atoms with Crippen LogP contribution >= 0.6 is 23.2 Å². The molecule has 0 unspecified atom stereocenters. The van der Waals surface area contributed by atoms with Crippen LogP contribution in [0.2, 0.25) is 10.0 Å². The molecule has 1 rings (SSSR count). The van der Waals surface area contributed by atoms with E-state index >= 15 is 0 Å². The SMILES string of the molecule is COc1cc(Cl)c([C@@H](C)N)cc1Cl. The summed E-state index contributed by atoms with van der Waals surface area (Å²) in [4.78, 5) is 0. The maximum atomic E-state index is 5.96. The van der Waals surface area contributed by atoms with E-state index in [1.54, 1.807) is 19.2 Å². The largest absolute Gasteiger partial charge is 0.495 e. The van der Waals surface area contributed by atoms with Gasteiger partial charge in [0, 0.05) is 17.1 Å². The molecule has 72 valence electrons. The average Bonchev–Trinajstić information content (AvgIpc) is 2.07. The fraction of sp³-hybridized carbons (Fsp3) is 0.333. The van der Waals surface area contributed by atoms with Gasteiger partial charge in [-0.1, -0.05) is 23.2 Å². The van der Waals surface area contributed by atoms with E-state index in [4.69, 9.17) is 33.7 Å². The molecule has 0 aliphatic rings. The molecule has 0 aromatic heterocycles. The highest BCUT2D eigenvalue weighted by Crippen LogP contribution is 2.32. The molecule has 13 heavy (non-hydrogen) atoms. The van der Waals surface area contributed by atoms with Gasteiger partial charge in [-0.25, -0.2) is 0 Å². The van der Waals surface area contributed by atoms with Gasteiger partial charge in [-0.3, -0.25) is 0 Å². The quantitative estimate of drug-likeness (QED) is 0.831. The molecule has 0 aliphatic heterocycles. The molecule has 4 heteroatoms. The first kappa shape index (κ1) is 10.6. The molecule has 2 N–H and O–H groups in total. The Morgan fingerprint density at radius 3 is 2.38 bits per heavy atom. The number of methoxy groups -OCH3 is 1. The number of hydrogen-bond donors (Lipinski definition) is 1. The van der Waals surface area contributed by atoms with E-state index in [9.17, 15) is 0 Å². The summed E-state index contributed by atoms with van der Waals surface area (Å²) in [5.74, 6) is 0.566. The first-order valence-electron chi connectivity index (χ1n) is 3.84. The van der Waals surface area contributed by atoms with E-state index in [2.05, 4.69) is 0 Å². The molecule has 0 spiro atoms. The van der Waals surface area contributed by atoms with E-state index in [0.29, 0.717) is 15.8 Å². The Balaban J connectivity index is 3.20. The monoisotopic (exact) mass is 219 g/mol. The van der Waals surface area contributed by atoms with Crippen LogP contribution in [-0.2, 0) is 0 Å². The van der Waals surface area contributed by atoms with Crippen LogP contribution in [0.25, 0.3) is 0 Å². The van der Waals surface area contributed by atoms with Crippen molar-refractivity contribution in [3.8, 4) is 5.75 Å². The van der Waals surface area contributed by atoms with Gasteiger partial charge in [0.2, 0.25) is 0 Å². The molecule has 0 fully saturated rings. The molecule has 0 radical (unpaired) electrons. The lowest BCUT2D eigenvalue weighted by molar-refractivity contribution is 0.415. The van der Waals surface area contributed by atoms with E-state index in [-0.39, 0.29) is 6.04 Å². The van der Waals surface area contributed by atoms with Gasteiger partial charge in [0.1, 0.15) is 5.75 Å². The normalized spacial score (nSPS) is 12.7. The molecule has 1 aromatic carbocycles. The second-order valence-corrected chi connectivity index (χ2v) is 3.61. The van der Waals surface area contributed by atoms with Crippen LogP contribution in [-0.4, -0.2) is 7.11 Å². The molecule has 1 aromatic rings. The van der Waals surface area contributed by atoms with Crippen molar-refractivity contribution in [2.75, 3.05) is 7.11 Å². The summed E-state index contributed by atoms with van der Waals surface area (Å²) in [6.45, 7) is 1.85. The third kappa shape index (κ3) is 2.27. The molecule has 0 heterocycles. The third-order valence-electron chi connectivity index (χ3n) is 1.76. The minimum atomic E-state index is -0.129. The molecule has 2 nitrogen and oxygen atoms in total. The Hall–Kier alpha value is -0.440. The predicted octanol–water partition coefficient (Wildman–Crippen LogP) is 3.02. The number of hydrogen-bond acceptors (Lipinski definition) is 2. The summed E-state index contributed by atoms with van der Waals surface area (Å²) in [5.41, 5.74) is 6.52.